The molecule has 0 aliphatic carbocycles. The van der Waals surface area contributed by atoms with E-state index in [1.807, 2.05) is 18.9 Å². The standard InChI is InChI=1S/C21H35N5O2/c1-15(2)11-18-21(28)26(10-7-22-18)14-20(27)25-8-5-17(6-9-25)12-19-23-16(3)13-24(19)4/h13,15,17-18,22H,5-12,14H2,1-4H3/t18-/m0/s1. The van der Waals surface area contributed by atoms with Gasteiger partial charge in [0.1, 0.15) is 5.82 Å². The fourth-order valence-corrected chi connectivity index (χ4v) is 4.37. The number of rotatable bonds is 6. The topological polar surface area (TPSA) is 70.5 Å². The highest BCUT2D eigenvalue weighted by Crippen LogP contribution is 2.22. The summed E-state index contributed by atoms with van der Waals surface area (Å²) in [5.41, 5.74) is 1.06. The largest absolute Gasteiger partial charge is 0.341 e. The van der Waals surface area contributed by atoms with Crippen LogP contribution in [0.25, 0.3) is 0 Å². The number of piperazine rings is 1. The van der Waals surface area contributed by atoms with Gasteiger partial charge in [-0.1, -0.05) is 13.8 Å². The second-order valence-corrected chi connectivity index (χ2v) is 8.83. The van der Waals surface area contributed by atoms with Crippen molar-refractivity contribution in [3.8, 4) is 0 Å². The van der Waals surface area contributed by atoms with Crippen molar-refractivity contribution in [3.63, 3.8) is 0 Å². The van der Waals surface area contributed by atoms with Crippen molar-refractivity contribution >= 4 is 11.8 Å². The minimum atomic E-state index is -0.145. The summed E-state index contributed by atoms with van der Waals surface area (Å²) in [5, 5.41) is 3.29. The molecule has 1 atom stereocenters. The zero-order valence-electron chi connectivity index (χ0n) is 17.8. The average molecular weight is 390 g/mol. The van der Waals surface area contributed by atoms with E-state index in [1.54, 1.807) is 4.90 Å². The Morgan fingerprint density at radius 3 is 2.61 bits per heavy atom. The molecule has 7 heteroatoms. The number of nitrogens with one attached hydrogen (secondary N) is 1. The molecule has 0 bridgehead atoms. The van der Waals surface area contributed by atoms with E-state index in [-0.39, 0.29) is 24.4 Å². The second kappa shape index (κ2) is 9.07. The fourth-order valence-electron chi connectivity index (χ4n) is 4.37. The van der Waals surface area contributed by atoms with Gasteiger partial charge in [-0.25, -0.2) is 4.98 Å². The molecule has 2 fully saturated rings. The first-order valence-electron chi connectivity index (χ1n) is 10.6. The number of carbonyl (C=O) groups is 2. The Morgan fingerprint density at radius 1 is 1.29 bits per heavy atom. The molecule has 1 aromatic heterocycles. The van der Waals surface area contributed by atoms with Crippen LogP contribution >= 0.6 is 0 Å². The van der Waals surface area contributed by atoms with Gasteiger partial charge in [0.25, 0.3) is 0 Å². The van der Waals surface area contributed by atoms with Crippen LogP contribution in [0.4, 0.5) is 0 Å². The summed E-state index contributed by atoms with van der Waals surface area (Å²) in [5.74, 6) is 2.32. The van der Waals surface area contributed by atoms with Crippen molar-refractivity contribution in [1.29, 1.82) is 0 Å². The van der Waals surface area contributed by atoms with Gasteiger partial charge >= 0.3 is 0 Å². The Morgan fingerprint density at radius 2 is 2.00 bits per heavy atom. The zero-order chi connectivity index (χ0) is 20.3. The Labute approximate surface area is 168 Å². The van der Waals surface area contributed by atoms with Crippen LogP contribution in [0.5, 0.6) is 0 Å². The number of aryl methyl sites for hydroxylation is 2. The summed E-state index contributed by atoms with van der Waals surface area (Å²) in [6, 6.07) is -0.145. The molecule has 0 unspecified atom stereocenters. The van der Waals surface area contributed by atoms with Gasteiger partial charge in [0.15, 0.2) is 0 Å². The maximum atomic E-state index is 12.8. The molecule has 0 radical (unpaired) electrons. The van der Waals surface area contributed by atoms with Gasteiger partial charge in [-0.2, -0.15) is 0 Å². The van der Waals surface area contributed by atoms with Crippen LogP contribution in [-0.4, -0.2) is 69.9 Å². The molecule has 2 saturated heterocycles. The van der Waals surface area contributed by atoms with Gasteiger partial charge in [0.05, 0.1) is 18.3 Å². The average Bonchev–Trinajstić information content (AvgIpc) is 2.95. The number of hydrogen-bond donors (Lipinski definition) is 1. The summed E-state index contributed by atoms with van der Waals surface area (Å²) in [6.07, 6.45) is 5.86. The lowest BCUT2D eigenvalue weighted by Gasteiger charge is -2.36. The first-order chi connectivity index (χ1) is 13.3. The molecule has 1 aromatic rings. The molecule has 0 saturated carbocycles. The van der Waals surface area contributed by atoms with Crippen molar-refractivity contribution in [2.24, 2.45) is 18.9 Å². The number of nitrogens with zero attached hydrogens (tertiary/aromatic N) is 4. The number of hydrogen-bond acceptors (Lipinski definition) is 4. The third-order valence-electron chi connectivity index (χ3n) is 5.95. The van der Waals surface area contributed by atoms with Crippen LogP contribution in [0.15, 0.2) is 6.20 Å². The summed E-state index contributed by atoms with van der Waals surface area (Å²) >= 11 is 0. The minimum absolute atomic E-state index is 0.0772. The third-order valence-corrected chi connectivity index (χ3v) is 5.95. The maximum Gasteiger partial charge on any atom is 0.242 e. The van der Waals surface area contributed by atoms with Crippen molar-refractivity contribution in [2.75, 3.05) is 32.7 Å². The molecule has 0 spiro atoms. The Kier molecular flexibility index (Phi) is 6.75. The van der Waals surface area contributed by atoms with Gasteiger partial charge < -0.3 is 19.7 Å². The van der Waals surface area contributed by atoms with Gasteiger partial charge in [-0.15, -0.1) is 0 Å². The van der Waals surface area contributed by atoms with Crippen molar-refractivity contribution in [3.05, 3.63) is 17.7 Å². The first-order valence-corrected chi connectivity index (χ1v) is 10.6. The molecule has 2 aliphatic rings. The molecule has 2 amide bonds. The molecule has 3 heterocycles. The van der Waals surface area contributed by atoms with E-state index in [0.717, 1.165) is 56.8 Å². The number of carbonyl (C=O) groups excluding carboxylic acids is 2. The molecule has 1 N–H and O–H groups in total. The van der Waals surface area contributed by atoms with Crippen molar-refractivity contribution in [1.82, 2.24) is 24.7 Å². The van der Waals surface area contributed by atoms with Crippen LogP contribution in [0.3, 0.4) is 0 Å². The fraction of sp³-hybridized carbons (Fsp3) is 0.762. The first kappa shape index (κ1) is 20.8. The maximum absolute atomic E-state index is 12.8. The Hall–Kier alpha value is -1.89. The van der Waals surface area contributed by atoms with Gasteiger partial charge in [0.2, 0.25) is 11.8 Å². The van der Waals surface area contributed by atoms with E-state index in [0.29, 0.717) is 18.4 Å². The molecule has 28 heavy (non-hydrogen) atoms. The lowest BCUT2D eigenvalue weighted by atomic mass is 9.93. The van der Waals surface area contributed by atoms with Crippen molar-refractivity contribution < 1.29 is 9.59 Å². The molecule has 7 nitrogen and oxygen atoms in total. The van der Waals surface area contributed by atoms with Crippen LogP contribution in [0.2, 0.25) is 0 Å². The van der Waals surface area contributed by atoms with Crippen LogP contribution in [0.1, 0.15) is 44.6 Å². The van der Waals surface area contributed by atoms with Gasteiger partial charge in [-0.3, -0.25) is 9.59 Å². The van der Waals surface area contributed by atoms with E-state index in [2.05, 4.69) is 34.9 Å². The van der Waals surface area contributed by atoms with E-state index < -0.39 is 0 Å². The smallest absolute Gasteiger partial charge is 0.242 e. The number of piperidine rings is 1. The number of aromatic nitrogens is 2. The molecule has 156 valence electrons. The summed E-state index contributed by atoms with van der Waals surface area (Å²) in [7, 11) is 2.05. The predicted octanol–water partition coefficient (Wildman–Crippen LogP) is 1.36. The highest BCUT2D eigenvalue weighted by atomic mass is 16.2. The SMILES string of the molecule is Cc1cn(C)c(CC2CCN(C(=O)CN3CCN[C@@H](CC(C)C)C3=O)CC2)n1. The number of imidazole rings is 1. The quantitative estimate of drug-likeness (QED) is 0.797. The summed E-state index contributed by atoms with van der Waals surface area (Å²) < 4.78 is 2.11. The zero-order valence-corrected chi connectivity index (χ0v) is 17.8. The van der Waals surface area contributed by atoms with Crippen LogP contribution < -0.4 is 5.32 Å². The van der Waals surface area contributed by atoms with Gasteiger partial charge in [0, 0.05) is 45.8 Å². The van der Waals surface area contributed by atoms with E-state index in [4.69, 9.17) is 0 Å². The summed E-state index contributed by atoms with van der Waals surface area (Å²) in [4.78, 5) is 33.7. The Bertz CT molecular complexity index is 691. The lowest BCUT2D eigenvalue weighted by molar-refractivity contribution is -0.144. The highest BCUT2D eigenvalue weighted by Gasteiger charge is 2.32. The molecular weight excluding hydrogens is 354 g/mol. The van der Waals surface area contributed by atoms with Crippen LogP contribution in [-0.2, 0) is 23.1 Å². The molecule has 2 aliphatic heterocycles. The van der Waals surface area contributed by atoms with E-state index in [9.17, 15) is 9.59 Å². The summed E-state index contributed by atoms with van der Waals surface area (Å²) in [6.45, 7) is 9.43. The number of amides is 2. The van der Waals surface area contributed by atoms with Crippen LogP contribution in [0, 0.1) is 18.8 Å². The van der Waals surface area contributed by atoms with E-state index in [1.165, 1.54) is 0 Å². The normalized spacial score (nSPS) is 21.6. The monoisotopic (exact) mass is 389 g/mol. The third kappa shape index (κ3) is 5.13. The number of likely N-dealkylation sites (tertiary alicyclic amines) is 1. The predicted molar refractivity (Wildman–Crippen MR) is 109 cm³/mol. The lowest BCUT2D eigenvalue weighted by Crippen LogP contribution is -2.57. The Balaban J connectivity index is 1.47. The molecule has 0 aromatic carbocycles. The highest BCUT2D eigenvalue weighted by molar-refractivity contribution is 5.88. The van der Waals surface area contributed by atoms with Crippen molar-refractivity contribution in [2.45, 2.75) is 52.5 Å². The molecular formula is C21H35N5O2. The van der Waals surface area contributed by atoms with E-state index >= 15 is 0 Å². The van der Waals surface area contributed by atoms with Gasteiger partial charge in [-0.05, 0) is 38.0 Å². The second-order valence-electron chi connectivity index (χ2n) is 8.83. The molecule has 3 rings (SSSR count). The minimum Gasteiger partial charge on any atom is -0.341 e.